The number of halogens is 1. The molecule has 0 fully saturated rings. The van der Waals surface area contributed by atoms with Gasteiger partial charge in [0.1, 0.15) is 5.82 Å². The Morgan fingerprint density at radius 3 is 2.56 bits per heavy atom. The van der Waals surface area contributed by atoms with Crippen LogP contribution in [-0.4, -0.2) is 23.5 Å². The number of benzene rings is 1. The van der Waals surface area contributed by atoms with E-state index in [9.17, 15) is 14.0 Å². The van der Waals surface area contributed by atoms with E-state index < -0.39 is 5.97 Å². The summed E-state index contributed by atoms with van der Waals surface area (Å²) in [5.74, 6) is -1.51. The number of hydrogen-bond donors (Lipinski definition) is 2. The third-order valence-corrected chi connectivity index (χ3v) is 2.16. The Morgan fingerprint density at radius 2 is 1.94 bits per heavy atom. The van der Waals surface area contributed by atoms with Crippen LogP contribution >= 0.6 is 0 Å². The van der Waals surface area contributed by atoms with Crippen molar-refractivity contribution in [2.24, 2.45) is 0 Å². The first-order valence-electron chi connectivity index (χ1n) is 5.51. The van der Waals surface area contributed by atoms with Crippen LogP contribution < -0.4 is 5.32 Å². The Kier molecular flexibility index (Phi) is 5.57. The van der Waals surface area contributed by atoms with Gasteiger partial charge in [-0.1, -0.05) is 12.1 Å². The zero-order valence-electron chi connectivity index (χ0n) is 9.73. The van der Waals surface area contributed by atoms with Crippen LogP contribution in [0.25, 0.3) is 6.08 Å². The highest BCUT2D eigenvalue weighted by Gasteiger charge is 1.98. The second-order valence-corrected chi connectivity index (χ2v) is 3.67. The molecule has 18 heavy (non-hydrogen) atoms. The molecule has 0 atom stereocenters. The number of carboxylic acids is 1. The van der Waals surface area contributed by atoms with Gasteiger partial charge in [-0.2, -0.15) is 0 Å². The van der Waals surface area contributed by atoms with Gasteiger partial charge in [0.25, 0.3) is 0 Å². The van der Waals surface area contributed by atoms with Crippen molar-refractivity contribution in [2.75, 3.05) is 6.54 Å². The lowest BCUT2D eigenvalue weighted by Gasteiger charge is -1.99. The monoisotopic (exact) mass is 251 g/mol. The first-order chi connectivity index (χ1) is 8.58. The smallest absolute Gasteiger partial charge is 0.303 e. The van der Waals surface area contributed by atoms with Gasteiger partial charge < -0.3 is 10.4 Å². The molecule has 0 saturated carbocycles. The Bertz CT molecular complexity index is 440. The predicted octanol–water partition coefficient (Wildman–Crippen LogP) is 1.82. The minimum atomic E-state index is -0.883. The summed E-state index contributed by atoms with van der Waals surface area (Å²) in [6.45, 7) is 0.318. The van der Waals surface area contributed by atoms with Crippen molar-refractivity contribution in [2.45, 2.75) is 12.8 Å². The first-order valence-corrected chi connectivity index (χ1v) is 5.51. The van der Waals surface area contributed by atoms with Crippen molar-refractivity contribution < 1.29 is 19.1 Å². The first kappa shape index (κ1) is 13.9. The Hall–Kier alpha value is -2.17. The van der Waals surface area contributed by atoms with Gasteiger partial charge in [-0.05, 0) is 30.2 Å². The zero-order chi connectivity index (χ0) is 13.4. The average molecular weight is 251 g/mol. The second kappa shape index (κ2) is 7.21. The summed E-state index contributed by atoms with van der Waals surface area (Å²) in [5.41, 5.74) is 0.720. The van der Waals surface area contributed by atoms with Gasteiger partial charge in [0.05, 0.1) is 0 Å². The van der Waals surface area contributed by atoms with E-state index in [-0.39, 0.29) is 18.1 Å². The van der Waals surface area contributed by atoms with E-state index in [0.717, 1.165) is 5.56 Å². The SMILES string of the molecule is O=C(O)CCCNC(=O)/C=C/c1ccc(F)cc1. The molecule has 0 aliphatic carbocycles. The molecule has 1 rings (SSSR count). The molecule has 0 bridgehead atoms. The van der Waals surface area contributed by atoms with Gasteiger partial charge >= 0.3 is 5.97 Å². The molecule has 0 aliphatic rings. The van der Waals surface area contributed by atoms with E-state index in [2.05, 4.69) is 5.32 Å². The normalized spacial score (nSPS) is 10.5. The van der Waals surface area contributed by atoms with Crippen molar-refractivity contribution in [3.63, 3.8) is 0 Å². The molecule has 0 aliphatic heterocycles. The summed E-state index contributed by atoms with van der Waals surface area (Å²) in [6, 6.07) is 5.74. The maximum absolute atomic E-state index is 12.6. The van der Waals surface area contributed by atoms with Crippen molar-refractivity contribution >= 4 is 18.0 Å². The van der Waals surface area contributed by atoms with Crippen LogP contribution in [0.1, 0.15) is 18.4 Å². The lowest BCUT2D eigenvalue weighted by molar-refractivity contribution is -0.137. The average Bonchev–Trinajstić information content (AvgIpc) is 2.34. The molecular weight excluding hydrogens is 237 g/mol. The largest absolute Gasteiger partial charge is 0.481 e. The molecular formula is C13H14FNO3. The maximum atomic E-state index is 12.6. The van der Waals surface area contributed by atoms with Gasteiger partial charge in [0, 0.05) is 19.0 Å². The van der Waals surface area contributed by atoms with Crippen molar-refractivity contribution in [3.05, 3.63) is 41.7 Å². The van der Waals surface area contributed by atoms with Crippen LogP contribution in [0.2, 0.25) is 0 Å². The number of hydrogen-bond acceptors (Lipinski definition) is 2. The quantitative estimate of drug-likeness (QED) is 0.598. The topological polar surface area (TPSA) is 66.4 Å². The fourth-order valence-electron chi connectivity index (χ4n) is 1.26. The van der Waals surface area contributed by atoms with E-state index in [1.54, 1.807) is 18.2 Å². The van der Waals surface area contributed by atoms with Crippen LogP contribution in [0.15, 0.2) is 30.3 Å². The van der Waals surface area contributed by atoms with Crippen molar-refractivity contribution in [1.29, 1.82) is 0 Å². The number of rotatable bonds is 6. The number of carbonyl (C=O) groups is 2. The van der Waals surface area contributed by atoms with Gasteiger partial charge in [-0.15, -0.1) is 0 Å². The molecule has 4 nitrogen and oxygen atoms in total. The molecule has 0 saturated heterocycles. The van der Waals surface area contributed by atoms with Gasteiger partial charge in [-0.25, -0.2) is 4.39 Å². The highest BCUT2D eigenvalue weighted by Crippen LogP contribution is 2.04. The molecule has 0 spiro atoms. The number of carbonyl (C=O) groups excluding carboxylic acids is 1. The van der Waals surface area contributed by atoms with Crippen LogP contribution in [0.3, 0.4) is 0 Å². The van der Waals surface area contributed by atoms with Crippen molar-refractivity contribution in [3.8, 4) is 0 Å². The molecule has 0 radical (unpaired) electrons. The Balaban J connectivity index is 2.31. The molecule has 0 unspecified atom stereocenters. The van der Waals surface area contributed by atoms with Crippen LogP contribution in [0, 0.1) is 5.82 Å². The summed E-state index contributed by atoms with van der Waals surface area (Å²) < 4.78 is 12.6. The fourth-order valence-corrected chi connectivity index (χ4v) is 1.26. The summed E-state index contributed by atoms with van der Waals surface area (Å²) in [5, 5.41) is 11.0. The minimum Gasteiger partial charge on any atom is -0.481 e. The molecule has 0 heterocycles. The van der Waals surface area contributed by atoms with Crippen LogP contribution in [0.4, 0.5) is 4.39 Å². The summed E-state index contributed by atoms with van der Waals surface area (Å²) in [6.07, 6.45) is 3.31. The fraction of sp³-hybridized carbons (Fsp3) is 0.231. The van der Waals surface area contributed by atoms with E-state index >= 15 is 0 Å². The number of carboxylic acid groups (broad SMARTS) is 1. The molecule has 0 aromatic heterocycles. The second-order valence-electron chi connectivity index (χ2n) is 3.67. The summed E-state index contributed by atoms with van der Waals surface area (Å²) >= 11 is 0. The standard InChI is InChI=1S/C13H14FNO3/c14-11-6-3-10(4-7-11)5-8-12(16)15-9-1-2-13(17)18/h3-8H,1-2,9H2,(H,15,16)(H,17,18)/b8-5+. The number of amides is 1. The summed E-state index contributed by atoms with van der Waals surface area (Å²) in [4.78, 5) is 21.5. The number of nitrogens with one attached hydrogen (secondary N) is 1. The highest BCUT2D eigenvalue weighted by molar-refractivity contribution is 5.91. The van der Waals surface area contributed by atoms with E-state index in [1.807, 2.05) is 0 Å². The molecule has 1 amide bonds. The van der Waals surface area contributed by atoms with Crippen LogP contribution in [0.5, 0.6) is 0 Å². The van der Waals surface area contributed by atoms with E-state index in [0.29, 0.717) is 13.0 Å². The lowest BCUT2D eigenvalue weighted by atomic mass is 10.2. The molecule has 2 N–H and O–H groups in total. The van der Waals surface area contributed by atoms with Gasteiger partial charge in [-0.3, -0.25) is 9.59 Å². The van der Waals surface area contributed by atoms with E-state index in [1.165, 1.54) is 18.2 Å². The third-order valence-electron chi connectivity index (χ3n) is 2.16. The Labute approximate surface area is 104 Å². The molecule has 96 valence electrons. The van der Waals surface area contributed by atoms with E-state index in [4.69, 9.17) is 5.11 Å². The van der Waals surface area contributed by atoms with Gasteiger partial charge in [0.15, 0.2) is 0 Å². The Morgan fingerprint density at radius 1 is 1.28 bits per heavy atom. The molecule has 5 heteroatoms. The highest BCUT2D eigenvalue weighted by atomic mass is 19.1. The molecule has 1 aromatic carbocycles. The third kappa shape index (κ3) is 5.79. The lowest BCUT2D eigenvalue weighted by Crippen LogP contribution is -2.22. The molecule has 1 aromatic rings. The predicted molar refractivity (Wildman–Crippen MR) is 65.3 cm³/mol. The maximum Gasteiger partial charge on any atom is 0.303 e. The van der Waals surface area contributed by atoms with Crippen molar-refractivity contribution in [1.82, 2.24) is 5.32 Å². The zero-order valence-corrected chi connectivity index (χ0v) is 9.73. The van der Waals surface area contributed by atoms with Gasteiger partial charge in [0.2, 0.25) is 5.91 Å². The summed E-state index contributed by atoms with van der Waals surface area (Å²) in [7, 11) is 0. The number of aliphatic carboxylic acids is 1. The van der Waals surface area contributed by atoms with Crippen LogP contribution in [-0.2, 0) is 9.59 Å². The minimum absolute atomic E-state index is 0.0297.